The van der Waals surface area contributed by atoms with Crippen LogP contribution in [0.1, 0.15) is 62.5 Å². The Labute approximate surface area is 126 Å². The number of carbonyl (C=O) groups is 2. The molecule has 0 aliphatic carbocycles. The molecule has 1 aliphatic rings. The molecule has 0 saturated carbocycles. The summed E-state index contributed by atoms with van der Waals surface area (Å²) in [4.78, 5) is 25.9. The summed E-state index contributed by atoms with van der Waals surface area (Å²) in [6.07, 6.45) is 1.49. The van der Waals surface area contributed by atoms with Gasteiger partial charge in [0, 0.05) is 12.1 Å². The van der Waals surface area contributed by atoms with E-state index in [1.807, 2.05) is 45.0 Å². The molecule has 114 valence electrons. The molecule has 0 radical (unpaired) electrons. The van der Waals surface area contributed by atoms with Gasteiger partial charge in [0.25, 0.3) is 0 Å². The normalized spacial score (nSPS) is 18.7. The zero-order valence-electron chi connectivity index (χ0n) is 13.2. The van der Waals surface area contributed by atoms with Crippen molar-refractivity contribution in [2.45, 2.75) is 52.2 Å². The molecule has 1 amide bonds. The van der Waals surface area contributed by atoms with Crippen molar-refractivity contribution in [1.82, 2.24) is 4.90 Å². The van der Waals surface area contributed by atoms with E-state index >= 15 is 0 Å². The molecule has 1 aromatic carbocycles. The van der Waals surface area contributed by atoms with Gasteiger partial charge in [0.2, 0.25) is 0 Å². The Morgan fingerprint density at radius 3 is 2.52 bits per heavy atom. The molecule has 0 N–H and O–H groups in total. The third kappa shape index (κ3) is 3.63. The van der Waals surface area contributed by atoms with Gasteiger partial charge in [0.1, 0.15) is 5.60 Å². The van der Waals surface area contributed by atoms with Crippen molar-refractivity contribution in [3.63, 3.8) is 0 Å². The zero-order valence-corrected chi connectivity index (χ0v) is 13.2. The van der Waals surface area contributed by atoms with Crippen molar-refractivity contribution in [1.29, 1.82) is 0 Å². The summed E-state index contributed by atoms with van der Waals surface area (Å²) < 4.78 is 5.48. The van der Waals surface area contributed by atoms with E-state index in [9.17, 15) is 9.59 Å². The molecule has 1 fully saturated rings. The second kappa shape index (κ2) is 5.88. The van der Waals surface area contributed by atoms with E-state index in [4.69, 9.17) is 4.74 Å². The topological polar surface area (TPSA) is 46.6 Å². The molecular formula is C17H23NO3. The molecule has 2 rings (SSSR count). The highest BCUT2D eigenvalue weighted by molar-refractivity contribution is 5.95. The van der Waals surface area contributed by atoms with Crippen LogP contribution < -0.4 is 0 Å². The van der Waals surface area contributed by atoms with E-state index in [0.29, 0.717) is 12.1 Å². The maximum Gasteiger partial charge on any atom is 0.410 e. The van der Waals surface area contributed by atoms with Gasteiger partial charge in [-0.05, 0) is 46.1 Å². The van der Waals surface area contributed by atoms with E-state index in [1.165, 1.54) is 0 Å². The fourth-order valence-electron chi connectivity index (χ4n) is 2.74. The predicted octanol–water partition coefficient (Wildman–Crippen LogP) is 3.96. The Kier molecular flexibility index (Phi) is 4.35. The van der Waals surface area contributed by atoms with Crippen LogP contribution in [0, 0.1) is 0 Å². The number of amides is 1. The Balaban J connectivity index is 2.27. The van der Waals surface area contributed by atoms with Crippen molar-refractivity contribution in [2.75, 3.05) is 6.54 Å². The number of hydrogen-bond acceptors (Lipinski definition) is 3. The van der Waals surface area contributed by atoms with Crippen molar-refractivity contribution >= 4 is 11.9 Å². The summed E-state index contributed by atoms with van der Waals surface area (Å²) in [5, 5.41) is 0. The highest BCUT2D eigenvalue weighted by atomic mass is 16.6. The number of hydrogen-bond donors (Lipinski definition) is 0. The summed E-state index contributed by atoms with van der Waals surface area (Å²) in [6.45, 7) is 7.82. The van der Waals surface area contributed by atoms with Gasteiger partial charge in [-0.15, -0.1) is 0 Å². The van der Waals surface area contributed by atoms with Gasteiger partial charge in [-0.2, -0.15) is 0 Å². The smallest absolute Gasteiger partial charge is 0.410 e. The fourth-order valence-corrected chi connectivity index (χ4v) is 2.74. The lowest BCUT2D eigenvalue weighted by Crippen LogP contribution is -2.36. The molecule has 1 aromatic rings. The first-order chi connectivity index (χ1) is 9.79. The molecule has 1 unspecified atom stereocenters. The lowest BCUT2D eigenvalue weighted by atomic mass is 9.96. The quantitative estimate of drug-likeness (QED) is 0.774. The average Bonchev–Trinajstić information content (AvgIpc) is 2.85. The van der Waals surface area contributed by atoms with Crippen LogP contribution in [0.25, 0.3) is 0 Å². The maximum atomic E-state index is 12.3. The van der Waals surface area contributed by atoms with Crippen LogP contribution in [0.5, 0.6) is 0 Å². The van der Waals surface area contributed by atoms with Gasteiger partial charge in [0.15, 0.2) is 5.78 Å². The SMILES string of the molecule is CC(=O)c1ccccc1C1CCCN1C(=O)OC(C)(C)C. The van der Waals surface area contributed by atoms with Gasteiger partial charge in [-0.25, -0.2) is 4.79 Å². The monoisotopic (exact) mass is 289 g/mol. The number of ketones is 1. The first kappa shape index (κ1) is 15.5. The second-order valence-electron chi connectivity index (χ2n) is 6.48. The summed E-state index contributed by atoms with van der Waals surface area (Å²) in [5.41, 5.74) is 1.11. The number of carbonyl (C=O) groups excluding carboxylic acids is 2. The van der Waals surface area contributed by atoms with Gasteiger partial charge < -0.3 is 9.64 Å². The van der Waals surface area contributed by atoms with Crippen molar-refractivity contribution < 1.29 is 14.3 Å². The lowest BCUT2D eigenvalue weighted by molar-refractivity contribution is 0.0223. The average molecular weight is 289 g/mol. The van der Waals surface area contributed by atoms with Crippen LogP contribution >= 0.6 is 0 Å². The van der Waals surface area contributed by atoms with E-state index in [1.54, 1.807) is 11.8 Å². The van der Waals surface area contributed by atoms with Gasteiger partial charge in [0.05, 0.1) is 6.04 Å². The molecule has 4 nitrogen and oxygen atoms in total. The van der Waals surface area contributed by atoms with Crippen LogP contribution in [-0.2, 0) is 4.74 Å². The van der Waals surface area contributed by atoms with Crippen LogP contribution in [0.3, 0.4) is 0 Å². The third-order valence-electron chi connectivity index (χ3n) is 3.58. The summed E-state index contributed by atoms with van der Waals surface area (Å²) in [6, 6.07) is 7.45. The summed E-state index contributed by atoms with van der Waals surface area (Å²) in [7, 11) is 0. The van der Waals surface area contributed by atoms with Crippen molar-refractivity contribution in [3.8, 4) is 0 Å². The molecule has 0 aromatic heterocycles. The maximum absolute atomic E-state index is 12.3. The lowest BCUT2D eigenvalue weighted by Gasteiger charge is -2.29. The number of benzene rings is 1. The number of nitrogens with zero attached hydrogens (tertiary/aromatic N) is 1. The van der Waals surface area contributed by atoms with Crippen LogP contribution in [0.4, 0.5) is 4.79 Å². The summed E-state index contributed by atoms with van der Waals surface area (Å²) >= 11 is 0. The van der Waals surface area contributed by atoms with Crippen LogP contribution in [0.15, 0.2) is 24.3 Å². The number of Topliss-reactive ketones (excluding diaryl/α,β-unsaturated/α-hetero) is 1. The van der Waals surface area contributed by atoms with Gasteiger partial charge >= 0.3 is 6.09 Å². The highest BCUT2D eigenvalue weighted by Crippen LogP contribution is 2.35. The Morgan fingerprint density at radius 1 is 1.24 bits per heavy atom. The molecule has 1 heterocycles. The molecule has 1 aliphatic heterocycles. The minimum atomic E-state index is -0.510. The molecule has 1 atom stereocenters. The molecule has 21 heavy (non-hydrogen) atoms. The number of ether oxygens (including phenoxy) is 1. The van der Waals surface area contributed by atoms with Crippen molar-refractivity contribution in [3.05, 3.63) is 35.4 Å². The second-order valence-corrected chi connectivity index (χ2v) is 6.48. The Morgan fingerprint density at radius 2 is 1.90 bits per heavy atom. The molecule has 0 spiro atoms. The minimum Gasteiger partial charge on any atom is -0.444 e. The molecule has 4 heteroatoms. The largest absolute Gasteiger partial charge is 0.444 e. The standard InChI is InChI=1S/C17H23NO3/c1-12(19)13-8-5-6-9-14(13)15-10-7-11-18(15)16(20)21-17(2,3)4/h5-6,8-9,15H,7,10-11H2,1-4H3. The minimum absolute atomic E-state index is 0.0293. The van der Waals surface area contributed by atoms with Gasteiger partial charge in [-0.3, -0.25) is 4.79 Å². The zero-order chi connectivity index (χ0) is 15.6. The van der Waals surface area contributed by atoms with Crippen molar-refractivity contribution in [2.24, 2.45) is 0 Å². The van der Waals surface area contributed by atoms with E-state index < -0.39 is 5.60 Å². The predicted molar refractivity (Wildman–Crippen MR) is 81.4 cm³/mol. The Hall–Kier alpha value is -1.84. The Bertz CT molecular complexity index is 545. The van der Waals surface area contributed by atoms with Crippen LogP contribution in [-0.4, -0.2) is 28.9 Å². The third-order valence-corrected chi connectivity index (χ3v) is 3.58. The highest BCUT2D eigenvalue weighted by Gasteiger charge is 2.34. The van der Waals surface area contributed by atoms with Crippen LogP contribution in [0.2, 0.25) is 0 Å². The fraction of sp³-hybridized carbons (Fsp3) is 0.529. The van der Waals surface area contributed by atoms with E-state index in [-0.39, 0.29) is 17.9 Å². The van der Waals surface area contributed by atoms with Gasteiger partial charge in [-0.1, -0.05) is 24.3 Å². The summed E-state index contributed by atoms with van der Waals surface area (Å²) in [5.74, 6) is 0.0293. The molecule has 1 saturated heterocycles. The van der Waals surface area contributed by atoms with E-state index in [0.717, 1.165) is 18.4 Å². The first-order valence-electron chi connectivity index (χ1n) is 7.39. The molecule has 0 bridgehead atoms. The number of likely N-dealkylation sites (tertiary alicyclic amines) is 1. The first-order valence-corrected chi connectivity index (χ1v) is 7.39. The molecular weight excluding hydrogens is 266 g/mol. The van der Waals surface area contributed by atoms with E-state index in [2.05, 4.69) is 0 Å². The number of rotatable bonds is 2.